The number of fused-ring (bicyclic) bond motifs is 1. The number of hydrogen-bond acceptors (Lipinski definition) is 2. The van der Waals surface area contributed by atoms with Crippen LogP contribution in [-0.2, 0) is 0 Å². The summed E-state index contributed by atoms with van der Waals surface area (Å²) in [5, 5.41) is 3.67. The molecule has 0 aliphatic heterocycles. The van der Waals surface area contributed by atoms with Crippen molar-refractivity contribution in [2.45, 2.75) is 6.92 Å². The third kappa shape index (κ3) is 2.87. The Hall–Kier alpha value is -1.66. The van der Waals surface area contributed by atoms with E-state index >= 15 is 0 Å². The molecule has 1 aromatic carbocycles. The lowest BCUT2D eigenvalue weighted by molar-refractivity contribution is 0.102. The number of aromatic amines is 1. The van der Waals surface area contributed by atoms with Gasteiger partial charge in [0.05, 0.1) is 5.56 Å². The second-order valence-electron chi connectivity index (χ2n) is 4.63. The van der Waals surface area contributed by atoms with Gasteiger partial charge in [0.1, 0.15) is 5.82 Å². The van der Waals surface area contributed by atoms with E-state index in [0.29, 0.717) is 11.4 Å². The van der Waals surface area contributed by atoms with Crippen molar-refractivity contribution in [3.05, 3.63) is 56.7 Å². The summed E-state index contributed by atoms with van der Waals surface area (Å²) in [7, 11) is 0. The van der Waals surface area contributed by atoms with Crippen LogP contribution in [0.25, 0.3) is 10.9 Å². The summed E-state index contributed by atoms with van der Waals surface area (Å²) in [4.78, 5) is 19.8. The van der Waals surface area contributed by atoms with E-state index in [-0.39, 0.29) is 5.91 Å². The SMILES string of the molecule is Cc1cccc(NC(=O)c2c[nH]c3cc(Br)c(Br)cc23)n1. The van der Waals surface area contributed by atoms with Crippen molar-refractivity contribution in [2.75, 3.05) is 5.32 Å². The first-order valence-electron chi connectivity index (χ1n) is 6.26. The number of anilines is 1. The lowest BCUT2D eigenvalue weighted by Gasteiger charge is -2.04. The van der Waals surface area contributed by atoms with Gasteiger partial charge in [0.25, 0.3) is 5.91 Å². The van der Waals surface area contributed by atoms with Crippen molar-refractivity contribution < 1.29 is 4.79 Å². The summed E-state index contributed by atoms with van der Waals surface area (Å²) in [6, 6.07) is 9.36. The molecule has 2 aromatic heterocycles. The Labute approximate surface area is 138 Å². The zero-order valence-electron chi connectivity index (χ0n) is 11.1. The van der Waals surface area contributed by atoms with Gasteiger partial charge in [0, 0.05) is 31.7 Å². The summed E-state index contributed by atoms with van der Waals surface area (Å²) in [5.74, 6) is 0.360. The maximum atomic E-state index is 12.4. The summed E-state index contributed by atoms with van der Waals surface area (Å²) >= 11 is 6.90. The molecule has 106 valence electrons. The monoisotopic (exact) mass is 407 g/mol. The molecule has 0 saturated carbocycles. The Bertz CT molecular complexity index is 842. The zero-order chi connectivity index (χ0) is 15.0. The molecule has 1 amide bonds. The van der Waals surface area contributed by atoms with E-state index in [1.807, 2.05) is 31.2 Å². The number of nitrogens with one attached hydrogen (secondary N) is 2. The molecule has 0 fully saturated rings. The summed E-state index contributed by atoms with van der Waals surface area (Å²) in [6.07, 6.45) is 1.70. The van der Waals surface area contributed by atoms with Crippen LogP contribution in [0.2, 0.25) is 0 Å². The number of pyridine rings is 1. The second kappa shape index (κ2) is 5.61. The number of aromatic nitrogens is 2. The van der Waals surface area contributed by atoms with Gasteiger partial charge in [0.15, 0.2) is 0 Å². The first-order chi connectivity index (χ1) is 10.0. The van der Waals surface area contributed by atoms with E-state index < -0.39 is 0 Å². The van der Waals surface area contributed by atoms with Crippen LogP contribution in [0.1, 0.15) is 16.1 Å². The van der Waals surface area contributed by atoms with Crippen molar-refractivity contribution in [3.63, 3.8) is 0 Å². The molecule has 0 aliphatic carbocycles. The smallest absolute Gasteiger partial charge is 0.258 e. The molecule has 0 unspecified atom stereocenters. The number of benzene rings is 1. The molecular formula is C15H11Br2N3O. The fourth-order valence-corrected chi connectivity index (χ4v) is 2.79. The topological polar surface area (TPSA) is 57.8 Å². The number of hydrogen-bond donors (Lipinski definition) is 2. The predicted molar refractivity (Wildman–Crippen MR) is 90.6 cm³/mol. The van der Waals surface area contributed by atoms with E-state index in [0.717, 1.165) is 25.5 Å². The number of amides is 1. The highest BCUT2D eigenvalue weighted by molar-refractivity contribution is 9.13. The van der Waals surface area contributed by atoms with Crippen LogP contribution >= 0.6 is 31.9 Å². The number of carbonyl (C=O) groups excluding carboxylic acids is 1. The van der Waals surface area contributed by atoms with Crippen molar-refractivity contribution >= 4 is 54.5 Å². The van der Waals surface area contributed by atoms with Gasteiger partial charge in [-0.15, -0.1) is 0 Å². The predicted octanol–water partition coefficient (Wildman–Crippen LogP) is 4.65. The highest BCUT2D eigenvalue weighted by Crippen LogP contribution is 2.30. The molecular weight excluding hydrogens is 398 g/mol. The number of nitrogens with zero attached hydrogens (tertiary/aromatic N) is 1. The molecule has 2 heterocycles. The maximum absolute atomic E-state index is 12.4. The minimum Gasteiger partial charge on any atom is -0.360 e. The van der Waals surface area contributed by atoms with Crippen LogP contribution < -0.4 is 5.32 Å². The number of carbonyl (C=O) groups is 1. The Morgan fingerprint density at radius 3 is 2.76 bits per heavy atom. The Morgan fingerprint density at radius 2 is 2.00 bits per heavy atom. The van der Waals surface area contributed by atoms with Gasteiger partial charge in [-0.1, -0.05) is 6.07 Å². The standard InChI is InChI=1S/C15H11Br2N3O/c1-8-3-2-4-14(19-8)20-15(21)10-7-18-13-6-12(17)11(16)5-9(10)13/h2-7,18H,1H3,(H,19,20,21). The highest BCUT2D eigenvalue weighted by atomic mass is 79.9. The van der Waals surface area contributed by atoms with Crippen molar-refractivity contribution in [1.82, 2.24) is 9.97 Å². The number of rotatable bonds is 2. The quantitative estimate of drug-likeness (QED) is 0.648. The third-order valence-corrected chi connectivity index (χ3v) is 4.94. The van der Waals surface area contributed by atoms with Gasteiger partial charge in [-0.3, -0.25) is 4.79 Å². The van der Waals surface area contributed by atoms with Crippen molar-refractivity contribution in [1.29, 1.82) is 0 Å². The average Bonchev–Trinajstić information content (AvgIpc) is 2.82. The van der Waals surface area contributed by atoms with E-state index in [2.05, 4.69) is 47.1 Å². The first kappa shape index (κ1) is 14.3. The van der Waals surface area contributed by atoms with Crippen molar-refractivity contribution in [2.24, 2.45) is 0 Å². The Balaban J connectivity index is 1.96. The van der Waals surface area contributed by atoms with Gasteiger partial charge in [0.2, 0.25) is 0 Å². The molecule has 0 bridgehead atoms. The molecule has 3 rings (SSSR count). The van der Waals surface area contributed by atoms with Crippen LogP contribution in [0.4, 0.5) is 5.82 Å². The van der Waals surface area contributed by atoms with E-state index in [9.17, 15) is 4.79 Å². The Kier molecular flexibility index (Phi) is 3.82. The molecule has 0 spiro atoms. The molecule has 0 saturated heterocycles. The lowest BCUT2D eigenvalue weighted by atomic mass is 10.1. The number of halogens is 2. The second-order valence-corrected chi connectivity index (χ2v) is 6.34. The van der Waals surface area contributed by atoms with Crippen LogP contribution in [0, 0.1) is 6.92 Å². The van der Waals surface area contributed by atoms with Gasteiger partial charge in [-0.25, -0.2) is 4.98 Å². The zero-order valence-corrected chi connectivity index (χ0v) is 14.2. The molecule has 4 nitrogen and oxygen atoms in total. The molecule has 0 aliphatic rings. The average molecular weight is 409 g/mol. The molecule has 6 heteroatoms. The third-order valence-electron chi connectivity index (χ3n) is 3.10. The van der Waals surface area contributed by atoms with Crippen LogP contribution in [0.3, 0.4) is 0 Å². The van der Waals surface area contributed by atoms with Gasteiger partial charge in [-0.2, -0.15) is 0 Å². The minimum atomic E-state index is -0.187. The largest absolute Gasteiger partial charge is 0.360 e. The maximum Gasteiger partial charge on any atom is 0.258 e. The van der Waals surface area contributed by atoms with Gasteiger partial charge < -0.3 is 10.3 Å². The molecule has 21 heavy (non-hydrogen) atoms. The molecule has 2 N–H and O–H groups in total. The summed E-state index contributed by atoms with van der Waals surface area (Å²) in [6.45, 7) is 1.88. The highest BCUT2D eigenvalue weighted by Gasteiger charge is 2.14. The fourth-order valence-electron chi connectivity index (χ4n) is 2.10. The molecule has 0 radical (unpaired) electrons. The van der Waals surface area contributed by atoms with Gasteiger partial charge in [-0.05, 0) is 63.0 Å². The minimum absolute atomic E-state index is 0.187. The first-order valence-corrected chi connectivity index (χ1v) is 7.84. The summed E-state index contributed by atoms with van der Waals surface area (Å²) < 4.78 is 1.83. The molecule has 3 aromatic rings. The van der Waals surface area contributed by atoms with Crippen LogP contribution in [-0.4, -0.2) is 15.9 Å². The normalized spacial score (nSPS) is 10.8. The number of aryl methyl sites for hydroxylation is 1. The van der Waals surface area contributed by atoms with E-state index in [4.69, 9.17) is 0 Å². The lowest BCUT2D eigenvalue weighted by Crippen LogP contribution is -2.12. The fraction of sp³-hybridized carbons (Fsp3) is 0.0667. The van der Waals surface area contributed by atoms with Gasteiger partial charge >= 0.3 is 0 Å². The van der Waals surface area contributed by atoms with E-state index in [1.54, 1.807) is 12.3 Å². The van der Waals surface area contributed by atoms with Crippen LogP contribution in [0.5, 0.6) is 0 Å². The van der Waals surface area contributed by atoms with E-state index in [1.165, 1.54) is 0 Å². The molecule has 0 atom stereocenters. The Morgan fingerprint density at radius 1 is 1.24 bits per heavy atom. The summed E-state index contributed by atoms with van der Waals surface area (Å²) in [5.41, 5.74) is 2.34. The van der Waals surface area contributed by atoms with Crippen molar-refractivity contribution in [3.8, 4) is 0 Å². The number of H-pyrrole nitrogens is 1. The van der Waals surface area contributed by atoms with Crippen LogP contribution in [0.15, 0.2) is 45.5 Å².